The summed E-state index contributed by atoms with van der Waals surface area (Å²) < 4.78 is 5.40. The predicted octanol–water partition coefficient (Wildman–Crippen LogP) is 1.87. The topological polar surface area (TPSA) is 46.0 Å². The van der Waals surface area contributed by atoms with E-state index in [0.717, 1.165) is 38.5 Å². The largest absolute Gasteiger partial charge is 0.378 e. The molecule has 1 fully saturated rings. The summed E-state index contributed by atoms with van der Waals surface area (Å²) in [5.41, 5.74) is 4.56. The highest BCUT2D eigenvalue weighted by atomic mass is 16.5. The molecule has 1 aliphatic rings. The molecule has 1 amide bonds. The molecule has 0 saturated carbocycles. The highest BCUT2D eigenvalue weighted by Gasteiger charge is 2.22. The van der Waals surface area contributed by atoms with Gasteiger partial charge in [-0.3, -0.25) is 4.79 Å². The molecule has 1 unspecified atom stereocenters. The van der Waals surface area contributed by atoms with E-state index in [2.05, 4.69) is 54.5 Å². The van der Waals surface area contributed by atoms with Crippen molar-refractivity contribution in [1.29, 1.82) is 0 Å². The van der Waals surface area contributed by atoms with Crippen LogP contribution in [0, 0.1) is 6.92 Å². The van der Waals surface area contributed by atoms with Gasteiger partial charge < -0.3 is 19.9 Å². The maximum absolute atomic E-state index is 12.7. The fourth-order valence-corrected chi connectivity index (χ4v) is 3.31. The number of ether oxygens (including phenoxy) is 1. The third-order valence-electron chi connectivity index (χ3n) is 5.37. The quantitative estimate of drug-likeness (QED) is 0.818. The second kappa shape index (κ2) is 9.02. The Hall–Kier alpha value is -2.37. The number of benzene rings is 2. The number of hydrogen-bond acceptors (Lipinski definition) is 3. The fourth-order valence-electron chi connectivity index (χ4n) is 3.31. The zero-order chi connectivity index (χ0) is 19.2. The van der Waals surface area contributed by atoms with Gasteiger partial charge in [0.1, 0.15) is 6.54 Å². The van der Waals surface area contributed by atoms with Gasteiger partial charge in [-0.25, -0.2) is 0 Å². The summed E-state index contributed by atoms with van der Waals surface area (Å²) >= 11 is 0. The second-order valence-corrected chi connectivity index (χ2v) is 7.31. The molecular weight excluding hydrogens is 338 g/mol. The van der Waals surface area contributed by atoms with Gasteiger partial charge in [-0.2, -0.15) is 0 Å². The average Bonchev–Trinajstić information content (AvgIpc) is 2.70. The second-order valence-electron chi connectivity index (χ2n) is 7.31. The van der Waals surface area contributed by atoms with Crippen LogP contribution in [0.3, 0.4) is 0 Å². The van der Waals surface area contributed by atoms with Gasteiger partial charge in [-0.1, -0.05) is 24.3 Å². The van der Waals surface area contributed by atoms with Crippen molar-refractivity contribution >= 4 is 17.3 Å². The molecule has 1 heterocycles. The first kappa shape index (κ1) is 19.4. The van der Waals surface area contributed by atoms with Gasteiger partial charge in [0.2, 0.25) is 0 Å². The molecule has 2 aromatic carbocycles. The van der Waals surface area contributed by atoms with Crippen molar-refractivity contribution in [2.45, 2.75) is 26.4 Å². The maximum atomic E-state index is 12.7. The van der Waals surface area contributed by atoms with Crippen molar-refractivity contribution < 1.29 is 14.4 Å². The number of amides is 1. The van der Waals surface area contributed by atoms with E-state index in [-0.39, 0.29) is 11.9 Å². The fraction of sp³-hybridized carbons (Fsp3) is 0.409. The Labute approximate surface area is 161 Å². The minimum atomic E-state index is -0.136. The minimum absolute atomic E-state index is 0.0419. The molecule has 5 nitrogen and oxygen atoms in total. The summed E-state index contributed by atoms with van der Waals surface area (Å²) in [7, 11) is 2.07. The molecule has 2 aromatic rings. The summed E-state index contributed by atoms with van der Waals surface area (Å²) in [6, 6.07) is 16.3. The van der Waals surface area contributed by atoms with Gasteiger partial charge in [0.25, 0.3) is 5.91 Å². The van der Waals surface area contributed by atoms with Gasteiger partial charge in [-0.15, -0.1) is 0 Å². The van der Waals surface area contributed by atoms with Crippen LogP contribution in [0.1, 0.15) is 18.1 Å². The lowest BCUT2D eigenvalue weighted by molar-refractivity contribution is -0.907. The predicted molar refractivity (Wildman–Crippen MR) is 109 cm³/mol. The molecule has 27 heavy (non-hydrogen) atoms. The van der Waals surface area contributed by atoms with Crippen LogP contribution in [0.4, 0.5) is 11.4 Å². The number of nitrogens with one attached hydrogen (secondary N) is 2. The maximum Gasteiger partial charge on any atom is 0.282 e. The SMILES string of the molecule is Cc1ccccc1C[NH+](C)[C@H](C)C(=O)Nc1ccc(N2CCOCC2)cc1. The van der Waals surface area contributed by atoms with E-state index in [1.807, 2.05) is 25.1 Å². The van der Waals surface area contributed by atoms with Crippen LogP contribution < -0.4 is 15.1 Å². The van der Waals surface area contributed by atoms with E-state index in [4.69, 9.17) is 4.74 Å². The monoisotopic (exact) mass is 368 g/mol. The Kier molecular flexibility index (Phi) is 6.48. The van der Waals surface area contributed by atoms with Crippen LogP contribution in [0.25, 0.3) is 0 Å². The molecule has 3 rings (SSSR count). The summed E-state index contributed by atoms with van der Waals surface area (Å²) in [6.07, 6.45) is 0. The van der Waals surface area contributed by atoms with Crippen molar-refractivity contribution in [2.24, 2.45) is 0 Å². The molecule has 0 radical (unpaired) electrons. The summed E-state index contributed by atoms with van der Waals surface area (Å²) in [5, 5.41) is 3.05. The van der Waals surface area contributed by atoms with Crippen LogP contribution in [0.2, 0.25) is 0 Å². The van der Waals surface area contributed by atoms with E-state index in [1.54, 1.807) is 0 Å². The van der Waals surface area contributed by atoms with E-state index in [9.17, 15) is 4.79 Å². The highest BCUT2D eigenvalue weighted by molar-refractivity contribution is 5.93. The lowest BCUT2D eigenvalue weighted by Gasteiger charge is -2.29. The van der Waals surface area contributed by atoms with Crippen molar-refractivity contribution in [2.75, 3.05) is 43.6 Å². The number of rotatable bonds is 6. The molecule has 5 heteroatoms. The highest BCUT2D eigenvalue weighted by Crippen LogP contribution is 2.19. The minimum Gasteiger partial charge on any atom is -0.378 e. The van der Waals surface area contributed by atoms with E-state index >= 15 is 0 Å². The Bertz CT molecular complexity index is 754. The van der Waals surface area contributed by atoms with Gasteiger partial charge in [-0.05, 0) is 43.7 Å². The van der Waals surface area contributed by atoms with Gasteiger partial charge in [0, 0.05) is 30.0 Å². The molecule has 1 aliphatic heterocycles. The van der Waals surface area contributed by atoms with Crippen molar-refractivity contribution in [3.8, 4) is 0 Å². The van der Waals surface area contributed by atoms with Crippen LogP contribution in [0.5, 0.6) is 0 Å². The van der Waals surface area contributed by atoms with Crippen LogP contribution in [-0.2, 0) is 16.1 Å². The smallest absolute Gasteiger partial charge is 0.282 e. The number of hydrogen-bond donors (Lipinski definition) is 2. The number of aryl methyl sites for hydroxylation is 1. The molecule has 0 bridgehead atoms. The number of quaternary nitrogens is 1. The molecule has 0 aliphatic carbocycles. The zero-order valence-corrected chi connectivity index (χ0v) is 16.5. The molecule has 0 aromatic heterocycles. The molecule has 2 N–H and O–H groups in total. The molecular formula is C22H30N3O2+. The first-order valence-corrected chi connectivity index (χ1v) is 9.65. The number of nitrogens with zero attached hydrogens (tertiary/aromatic N) is 1. The third-order valence-corrected chi connectivity index (χ3v) is 5.37. The number of anilines is 2. The lowest BCUT2D eigenvalue weighted by atomic mass is 10.1. The van der Waals surface area contributed by atoms with E-state index in [0.29, 0.717) is 0 Å². The van der Waals surface area contributed by atoms with E-state index < -0.39 is 0 Å². The van der Waals surface area contributed by atoms with E-state index in [1.165, 1.54) is 21.7 Å². The Morgan fingerprint density at radius 3 is 2.48 bits per heavy atom. The van der Waals surface area contributed by atoms with Crippen LogP contribution in [0.15, 0.2) is 48.5 Å². The van der Waals surface area contributed by atoms with Gasteiger partial charge in [0.05, 0.1) is 20.3 Å². The van der Waals surface area contributed by atoms with Crippen molar-refractivity contribution in [1.82, 2.24) is 0 Å². The Morgan fingerprint density at radius 1 is 1.15 bits per heavy atom. The Balaban J connectivity index is 1.56. The molecule has 1 saturated heterocycles. The molecule has 0 spiro atoms. The number of likely N-dealkylation sites (N-methyl/N-ethyl adjacent to an activating group) is 1. The first-order valence-electron chi connectivity index (χ1n) is 9.65. The zero-order valence-electron chi connectivity index (χ0n) is 16.5. The number of carbonyl (C=O) groups is 1. The first-order chi connectivity index (χ1) is 13.0. The Morgan fingerprint density at radius 2 is 1.81 bits per heavy atom. The van der Waals surface area contributed by atoms with Gasteiger partial charge >= 0.3 is 0 Å². The van der Waals surface area contributed by atoms with Crippen molar-refractivity contribution in [3.05, 3.63) is 59.7 Å². The average molecular weight is 369 g/mol. The summed E-state index contributed by atoms with van der Waals surface area (Å²) in [5.74, 6) is 0.0419. The van der Waals surface area contributed by atoms with Crippen molar-refractivity contribution in [3.63, 3.8) is 0 Å². The number of carbonyl (C=O) groups excluding carboxylic acids is 1. The lowest BCUT2D eigenvalue weighted by Crippen LogP contribution is -3.12. The van der Waals surface area contributed by atoms with Crippen LogP contribution in [-0.4, -0.2) is 45.3 Å². The van der Waals surface area contributed by atoms with Gasteiger partial charge in [0.15, 0.2) is 6.04 Å². The summed E-state index contributed by atoms with van der Waals surface area (Å²) in [4.78, 5) is 16.1. The standard InChI is InChI=1S/C22H29N3O2/c1-17-6-4-5-7-19(17)16-24(3)18(2)22(26)23-20-8-10-21(11-9-20)25-12-14-27-15-13-25/h4-11,18H,12-16H2,1-3H3,(H,23,26)/p+1/t18-/m1/s1. The molecule has 144 valence electrons. The number of morpholine rings is 1. The van der Waals surface area contributed by atoms with Crippen LogP contribution >= 0.6 is 0 Å². The normalized spacial score (nSPS) is 16.6. The molecule has 2 atom stereocenters. The summed E-state index contributed by atoms with van der Waals surface area (Å²) in [6.45, 7) is 8.29. The third kappa shape index (κ3) is 5.08.